The van der Waals surface area contributed by atoms with E-state index in [1.807, 2.05) is 32.0 Å². The Labute approximate surface area is 174 Å². The molecular weight excluding hydrogens is 388 g/mol. The molecule has 1 saturated carbocycles. The van der Waals surface area contributed by atoms with Crippen LogP contribution in [0.4, 0.5) is 0 Å². The third kappa shape index (κ3) is 3.69. The monoisotopic (exact) mass is 412 g/mol. The zero-order chi connectivity index (χ0) is 20.9. The molecule has 1 aliphatic carbocycles. The number of amides is 1. The van der Waals surface area contributed by atoms with E-state index in [1.165, 1.54) is 0 Å². The van der Waals surface area contributed by atoms with Crippen LogP contribution in [-0.4, -0.2) is 26.5 Å². The Bertz CT molecular complexity index is 1160. The van der Waals surface area contributed by atoms with E-state index in [0.29, 0.717) is 27.8 Å². The summed E-state index contributed by atoms with van der Waals surface area (Å²) in [6, 6.07) is 5.65. The van der Waals surface area contributed by atoms with Gasteiger partial charge in [0.2, 0.25) is 0 Å². The number of carbonyl (C=O) groups excluding carboxylic acids is 1. The predicted octanol–water partition coefficient (Wildman–Crippen LogP) is 4.30. The van der Waals surface area contributed by atoms with Crippen LogP contribution in [0.1, 0.15) is 61.1 Å². The molecule has 6 nitrogen and oxygen atoms in total. The van der Waals surface area contributed by atoms with Gasteiger partial charge in [0.05, 0.1) is 11.9 Å². The lowest BCUT2D eigenvalue weighted by Crippen LogP contribution is -2.36. The summed E-state index contributed by atoms with van der Waals surface area (Å²) in [7, 11) is 0. The van der Waals surface area contributed by atoms with Crippen molar-refractivity contribution >= 4 is 23.0 Å². The molecule has 2 aromatic heterocycles. The van der Waals surface area contributed by atoms with E-state index in [0.717, 1.165) is 29.5 Å². The van der Waals surface area contributed by atoms with Gasteiger partial charge in [0.15, 0.2) is 5.69 Å². The fourth-order valence-electron chi connectivity index (χ4n) is 3.38. The summed E-state index contributed by atoms with van der Waals surface area (Å²) in [4.78, 5) is 28.8. The van der Waals surface area contributed by atoms with Crippen LogP contribution in [0.3, 0.4) is 0 Å². The number of nitrogens with zero attached hydrogens (tertiary/aromatic N) is 2. The Morgan fingerprint density at radius 3 is 2.66 bits per heavy atom. The Balaban J connectivity index is 1.83. The quantitative estimate of drug-likeness (QED) is 0.655. The predicted molar refractivity (Wildman–Crippen MR) is 115 cm³/mol. The molecule has 152 valence electrons. The minimum absolute atomic E-state index is 0.0166. The lowest BCUT2D eigenvalue weighted by Gasteiger charge is -2.16. The van der Waals surface area contributed by atoms with E-state index < -0.39 is 0 Å². The molecule has 1 aromatic carbocycles. The standard InChI is InChI=1S/C22H25ClN4O2/c1-11(2)13(4)24-21(28)19-18(14-7-8-14)20-22(29)25-17(10-27(20)26-19)15-6-5-12(3)16(23)9-15/h5-6,9-11,13-14H,7-8H2,1-4H3,(H,24,28)(H,25,29)/t13-/m1/s1. The van der Waals surface area contributed by atoms with Crippen molar-refractivity contribution in [2.24, 2.45) is 5.92 Å². The minimum Gasteiger partial charge on any atom is -0.348 e. The van der Waals surface area contributed by atoms with Gasteiger partial charge >= 0.3 is 0 Å². The molecule has 1 atom stereocenters. The summed E-state index contributed by atoms with van der Waals surface area (Å²) in [5, 5.41) is 8.17. The van der Waals surface area contributed by atoms with Crippen molar-refractivity contribution in [3.05, 3.63) is 56.6 Å². The molecule has 1 fully saturated rings. The van der Waals surface area contributed by atoms with Gasteiger partial charge in [-0.15, -0.1) is 0 Å². The highest BCUT2D eigenvalue weighted by Crippen LogP contribution is 2.43. The number of rotatable bonds is 5. The second-order valence-electron chi connectivity index (χ2n) is 8.30. The molecule has 0 aliphatic heterocycles. The molecule has 7 heteroatoms. The first-order valence-corrected chi connectivity index (χ1v) is 10.4. The third-order valence-corrected chi connectivity index (χ3v) is 6.11. The van der Waals surface area contributed by atoms with Crippen LogP contribution < -0.4 is 10.9 Å². The largest absolute Gasteiger partial charge is 0.348 e. The van der Waals surface area contributed by atoms with Crippen molar-refractivity contribution < 1.29 is 4.79 Å². The highest BCUT2D eigenvalue weighted by atomic mass is 35.5. The van der Waals surface area contributed by atoms with Gasteiger partial charge in [0, 0.05) is 22.2 Å². The number of fused-ring (bicyclic) bond motifs is 1. The van der Waals surface area contributed by atoms with Crippen LogP contribution in [0.15, 0.2) is 29.2 Å². The van der Waals surface area contributed by atoms with Gasteiger partial charge < -0.3 is 10.3 Å². The number of H-pyrrole nitrogens is 1. The van der Waals surface area contributed by atoms with Crippen LogP contribution >= 0.6 is 11.6 Å². The molecule has 1 aliphatic rings. The SMILES string of the molecule is Cc1ccc(-c2cn3nc(C(=O)N[C@H](C)C(C)C)c(C4CC4)c3c(=O)[nH]2)cc1Cl. The molecule has 4 rings (SSSR count). The lowest BCUT2D eigenvalue weighted by atomic mass is 10.1. The summed E-state index contributed by atoms with van der Waals surface area (Å²) < 4.78 is 1.55. The second-order valence-corrected chi connectivity index (χ2v) is 8.70. The topological polar surface area (TPSA) is 79.3 Å². The average molecular weight is 413 g/mol. The van der Waals surface area contributed by atoms with Gasteiger partial charge in [0.25, 0.3) is 11.5 Å². The summed E-state index contributed by atoms with van der Waals surface area (Å²) in [5.41, 5.74) is 3.69. The van der Waals surface area contributed by atoms with Gasteiger partial charge in [-0.2, -0.15) is 5.10 Å². The zero-order valence-electron chi connectivity index (χ0n) is 17.0. The van der Waals surface area contributed by atoms with Crippen molar-refractivity contribution in [2.75, 3.05) is 0 Å². The average Bonchev–Trinajstić information content (AvgIpc) is 3.43. The van der Waals surface area contributed by atoms with Gasteiger partial charge in [-0.05, 0) is 50.2 Å². The van der Waals surface area contributed by atoms with E-state index in [9.17, 15) is 9.59 Å². The van der Waals surface area contributed by atoms with Gasteiger partial charge in [-0.25, -0.2) is 4.52 Å². The number of hydrogen-bond acceptors (Lipinski definition) is 3. The summed E-state index contributed by atoms with van der Waals surface area (Å²) in [6.07, 6.45) is 3.69. The Morgan fingerprint density at radius 2 is 2.03 bits per heavy atom. The molecule has 2 N–H and O–H groups in total. The van der Waals surface area contributed by atoms with Crippen molar-refractivity contribution in [2.45, 2.75) is 52.5 Å². The number of halogens is 1. The number of carbonyl (C=O) groups is 1. The molecule has 0 radical (unpaired) electrons. The number of benzene rings is 1. The number of aromatic nitrogens is 3. The van der Waals surface area contributed by atoms with Crippen LogP contribution in [0, 0.1) is 12.8 Å². The third-order valence-electron chi connectivity index (χ3n) is 5.70. The molecule has 0 saturated heterocycles. The maximum absolute atomic E-state index is 13.0. The molecule has 2 heterocycles. The number of hydrogen-bond donors (Lipinski definition) is 2. The Hall–Kier alpha value is -2.60. The number of aryl methyl sites for hydroxylation is 1. The summed E-state index contributed by atoms with van der Waals surface area (Å²) in [5.74, 6) is 0.293. The van der Waals surface area contributed by atoms with Crippen LogP contribution in [0.5, 0.6) is 0 Å². The van der Waals surface area contributed by atoms with Crippen molar-refractivity contribution in [1.82, 2.24) is 19.9 Å². The maximum Gasteiger partial charge on any atom is 0.274 e. The van der Waals surface area contributed by atoms with E-state index >= 15 is 0 Å². The molecule has 0 bridgehead atoms. The van der Waals surface area contributed by atoms with Crippen LogP contribution in [0.2, 0.25) is 5.02 Å². The summed E-state index contributed by atoms with van der Waals surface area (Å²) >= 11 is 6.25. The zero-order valence-corrected chi connectivity index (χ0v) is 17.8. The number of nitrogens with one attached hydrogen (secondary N) is 2. The normalized spacial score (nSPS) is 15.1. The summed E-state index contributed by atoms with van der Waals surface area (Å²) in [6.45, 7) is 8.01. The first kappa shape index (κ1) is 19.7. The van der Waals surface area contributed by atoms with E-state index in [1.54, 1.807) is 10.7 Å². The van der Waals surface area contributed by atoms with Gasteiger partial charge in [-0.1, -0.05) is 37.6 Å². The molecule has 29 heavy (non-hydrogen) atoms. The van der Waals surface area contributed by atoms with Crippen molar-refractivity contribution in [3.8, 4) is 11.3 Å². The van der Waals surface area contributed by atoms with E-state index in [2.05, 4.69) is 29.2 Å². The highest BCUT2D eigenvalue weighted by molar-refractivity contribution is 6.31. The lowest BCUT2D eigenvalue weighted by molar-refractivity contribution is 0.0924. The first-order valence-electron chi connectivity index (χ1n) is 9.99. The van der Waals surface area contributed by atoms with Gasteiger partial charge in [-0.3, -0.25) is 9.59 Å². The number of aromatic amines is 1. The highest BCUT2D eigenvalue weighted by Gasteiger charge is 2.34. The van der Waals surface area contributed by atoms with Gasteiger partial charge in [0.1, 0.15) is 5.52 Å². The second kappa shape index (κ2) is 7.34. The fourth-order valence-corrected chi connectivity index (χ4v) is 3.56. The molecule has 3 aromatic rings. The molecule has 0 unspecified atom stereocenters. The van der Waals surface area contributed by atoms with Crippen molar-refractivity contribution in [1.29, 1.82) is 0 Å². The van der Waals surface area contributed by atoms with Crippen LogP contribution in [-0.2, 0) is 0 Å². The molecule has 1 amide bonds. The molecule has 0 spiro atoms. The Morgan fingerprint density at radius 1 is 1.31 bits per heavy atom. The fraction of sp³-hybridized carbons (Fsp3) is 0.409. The van der Waals surface area contributed by atoms with E-state index in [-0.39, 0.29) is 23.4 Å². The maximum atomic E-state index is 13.0. The first-order chi connectivity index (χ1) is 13.8. The van der Waals surface area contributed by atoms with Crippen molar-refractivity contribution in [3.63, 3.8) is 0 Å². The minimum atomic E-state index is -0.246. The Kier molecular flexibility index (Phi) is 4.99. The molecular formula is C22H25ClN4O2. The van der Waals surface area contributed by atoms with E-state index in [4.69, 9.17) is 11.6 Å². The van der Waals surface area contributed by atoms with Crippen LogP contribution in [0.25, 0.3) is 16.8 Å². The smallest absolute Gasteiger partial charge is 0.274 e.